The number of nitro groups is 1. The van der Waals surface area contributed by atoms with Crippen LogP contribution in [0.1, 0.15) is 28.7 Å². The molecule has 0 N–H and O–H groups in total. The molecule has 8 heteroatoms. The second kappa shape index (κ2) is 6.91. The van der Waals surface area contributed by atoms with Crippen molar-refractivity contribution >= 4 is 11.7 Å². The SMILES string of the molecule is CCOC(=O)c1c([N+](=O)[O-])c(C)nn1Cc1ccc(OC)cc1. The molecular formula is C15H17N3O5. The third-order valence-electron chi connectivity index (χ3n) is 3.24. The zero-order valence-corrected chi connectivity index (χ0v) is 13.1. The number of carbonyl (C=O) groups is 1. The number of aryl methyl sites for hydroxylation is 1. The number of esters is 1. The molecule has 0 aliphatic carbocycles. The van der Waals surface area contributed by atoms with Gasteiger partial charge in [-0.15, -0.1) is 0 Å². The van der Waals surface area contributed by atoms with Crippen LogP contribution in [0.3, 0.4) is 0 Å². The Labute approximate surface area is 132 Å². The molecule has 0 unspecified atom stereocenters. The van der Waals surface area contributed by atoms with Gasteiger partial charge in [-0.05, 0) is 31.5 Å². The van der Waals surface area contributed by atoms with Crippen LogP contribution in [0.5, 0.6) is 5.75 Å². The fraction of sp³-hybridized carbons (Fsp3) is 0.333. The minimum Gasteiger partial charge on any atom is -0.497 e. The molecule has 8 nitrogen and oxygen atoms in total. The molecule has 1 aromatic heterocycles. The number of nitrogens with zero attached hydrogens (tertiary/aromatic N) is 3. The highest BCUT2D eigenvalue weighted by Crippen LogP contribution is 2.25. The van der Waals surface area contributed by atoms with Crippen LogP contribution in [-0.4, -0.2) is 34.4 Å². The first-order valence-corrected chi connectivity index (χ1v) is 6.99. The minimum atomic E-state index is -0.756. The van der Waals surface area contributed by atoms with Crippen molar-refractivity contribution in [3.63, 3.8) is 0 Å². The number of carbonyl (C=O) groups excluding carboxylic acids is 1. The van der Waals surface area contributed by atoms with Gasteiger partial charge in [0.15, 0.2) is 0 Å². The number of benzene rings is 1. The highest BCUT2D eigenvalue weighted by atomic mass is 16.6. The number of methoxy groups -OCH3 is 1. The van der Waals surface area contributed by atoms with Gasteiger partial charge in [-0.3, -0.25) is 10.1 Å². The summed E-state index contributed by atoms with van der Waals surface area (Å²) < 4.78 is 11.3. The highest BCUT2D eigenvalue weighted by molar-refractivity contribution is 5.92. The summed E-state index contributed by atoms with van der Waals surface area (Å²) >= 11 is 0. The standard InChI is InChI=1S/C15H17N3O5/c1-4-23-15(19)14-13(18(20)21)10(2)16-17(14)9-11-5-7-12(22-3)8-6-11/h5-8H,4,9H2,1-3H3. The Hall–Kier alpha value is -2.90. The molecule has 0 radical (unpaired) electrons. The van der Waals surface area contributed by atoms with Gasteiger partial charge in [0.05, 0.1) is 25.2 Å². The number of rotatable bonds is 6. The van der Waals surface area contributed by atoms with Crippen molar-refractivity contribution in [2.45, 2.75) is 20.4 Å². The first-order chi connectivity index (χ1) is 11.0. The highest BCUT2D eigenvalue weighted by Gasteiger charge is 2.31. The maximum absolute atomic E-state index is 12.1. The molecular weight excluding hydrogens is 302 g/mol. The average Bonchev–Trinajstić information content (AvgIpc) is 2.84. The van der Waals surface area contributed by atoms with Gasteiger partial charge >= 0.3 is 11.7 Å². The zero-order chi connectivity index (χ0) is 17.0. The summed E-state index contributed by atoms with van der Waals surface area (Å²) in [6.07, 6.45) is 0. The monoisotopic (exact) mass is 319 g/mol. The van der Waals surface area contributed by atoms with E-state index in [1.165, 1.54) is 11.6 Å². The van der Waals surface area contributed by atoms with Crippen molar-refractivity contribution in [2.75, 3.05) is 13.7 Å². The average molecular weight is 319 g/mol. The Morgan fingerprint density at radius 3 is 2.52 bits per heavy atom. The van der Waals surface area contributed by atoms with Crippen LogP contribution < -0.4 is 4.74 Å². The van der Waals surface area contributed by atoms with Crippen molar-refractivity contribution < 1.29 is 19.2 Å². The molecule has 0 saturated heterocycles. The second-order valence-electron chi connectivity index (χ2n) is 4.77. The molecule has 0 bridgehead atoms. The number of aromatic nitrogens is 2. The van der Waals surface area contributed by atoms with Gasteiger partial charge in [-0.2, -0.15) is 5.10 Å². The van der Waals surface area contributed by atoms with E-state index in [-0.39, 0.29) is 30.2 Å². The van der Waals surface area contributed by atoms with Crippen molar-refractivity contribution in [3.8, 4) is 5.75 Å². The summed E-state index contributed by atoms with van der Waals surface area (Å²) in [5.41, 5.74) is 0.530. The normalized spacial score (nSPS) is 10.4. The molecule has 2 aromatic rings. The van der Waals surface area contributed by atoms with Crippen molar-refractivity contribution in [3.05, 3.63) is 51.3 Å². The van der Waals surface area contributed by atoms with Gasteiger partial charge in [-0.25, -0.2) is 9.48 Å². The van der Waals surface area contributed by atoms with Gasteiger partial charge < -0.3 is 9.47 Å². The van der Waals surface area contributed by atoms with Crippen LogP contribution in [0.25, 0.3) is 0 Å². The number of ether oxygens (including phenoxy) is 2. The summed E-state index contributed by atoms with van der Waals surface area (Å²) in [6, 6.07) is 7.14. The van der Waals surface area contributed by atoms with E-state index in [0.717, 1.165) is 5.56 Å². The van der Waals surface area contributed by atoms with Crippen LogP contribution in [0, 0.1) is 17.0 Å². The Balaban J connectivity index is 2.42. The fourth-order valence-electron chi connectivity index (χ4n) is 2.21. The van der Waals surface area contributed by atoms with E-state index in [1.54, 1.807) is 38.3 Å². The lowest BCUT2D eigenvalue weighted by Gasteiger charge is -2.07. The van der Waals surface area contributed by atoms with E-state index >= 15 is 0 Å². The van der Waals surface area contributed by atoms with E-state index in [2.05, 4.69) is 5.10 Å². The topological polar surface area (TPSA) is 96.5 Å². The minimum absolute atomic E-state index is 0.128. The smallest absolute Gasteiger partial charge is 0.363 e. The molecule has 0 spiro atoms. The lowest BCUT2D eigenvalue weighted by molar-refractivity contribution is -0.385. The van der Waals surface area contributed by atoms with Gasteiger partial charge in [0.2, 0.25) is 5.69 Å². The van der Waals surface area contributed by atoms with E-state index in [9.17, 15) is 14.9 Å². The lowest BCUT2D eigenvalue weighted by Crippen LogP contribution is -2.15. The zero-order valence-electron chi connectivity index (χ0n) is 13.1. The fourth-order valence-corrected chi connectivity index (χ4v) is 2.21. The molecule has 0 amide bonds. The summed E-state index contributed by atoms with van der Waals surface area (Å²) in [6.45, 7) is 3.47. The molecule has 1 heterocycles. The predicted octanol–water partition coefficient (Wildman–Crippen LogP) is 2.33. The largest absolute Gasteiger partial charge is 0.497 e. The molecule has 0 aliphatic rings. The van der Waals surface area contributed by atoms with Crippen molar-refractivity contribution in [1.29, 1.82) is 0 Å². The van der Waals surface area contributed by atoms with Crippen LogP contribution in [0.4, 0.5) is 5.69 Å². The van der Waals surface area contributed by atoms with Crippen LogP contribution >= 0.6 is 0 Å². The lowest BCUT2D eigenvalue weighted by atomic mass is 10.2. The van der Waals surface area contributed by atoms with E-state index in [4.69, 9.17) is 9.47 Å². The quantitative estimate of drug-likeness (QED) is 0.460. The Morgan fingerprint density at radius 1 is 1.35 bits per heavy atom. The van der Waals surface area contributed by atoms with Crippen molar-refractivity contribution in [2.24, 2.45) is 0 Å². The summed E-state index contributed by atoms with van der Waals surface area (Å²) in [7, 11) is 1.56. The molecule has 0 saturated carbocycles. The second-order valence-corrected chi connectivity index (χ2v) is 4.77. The van der Waals surface area contributed by atoms with E-state index < -0.39 is 10.9 Å². The summed E-state index contributed by atoms with van der Waals surface area (Å²) in [5.74, 6) is -0.0599. The predicted molar refractivity (Wildman–Crippen MR) is 81.7 cm³/mol. The molecule has 0 atom stereocenters. The molecule has 0 fully saturated rings. The van der Waals surface area contributed by atoms with Crippen LogP contribution in [0.2, 0.25) is 0 Å². The summed E-state index contributed by atoms with van der Waals surface area (Å²) in [5, 5.41) is 15.3. The van der Waals surface area contributed by atoms with Crippen LogP contribution in [0.15, 0.2) is 24.3 Å². The summed E-state index contributed by atoms with van der Waals surface area (Å²) in [4.78, 5) is 22.7. The molecule has 23 heavy (non-hydrogen) atoms. The first-order valence-electron chi connectivity index (χ1n) is 6.99. The molecule has 0 aliphatic heterocycles. The van der Waals surface area contributed by atoms with E-state index in [1.807, 2.05) is 0 Å². The number of hydrogen-bond donors (Lipinski definition) is 0. The van der Waals surface area contributed by atoms with Gasteiger partial charge in [0, 0.05) is 0 Å². The van der Waals surface area contributed by atoms with E-state index in [0.29, 0.717) is 5.75 Å². The maximum Gasteiger partial charge on any atom is 0.363 e. The third-order valence-corrected chi connectivity index (χ3v) is 3.24. The molecule has 2 rings (SSSR count). The number of hydrogen-bond acceptors (Lipinski definition) is 6. The Bertz CT molecular complexity index is 721. The van der Waals surface area contributed by atoms with Gasteiger partial charge in [0.25, 0.3) is 0 Å². The molecule has 1 aromatic carbocycles. The first kappa shape index (κ1) is 16.5. The Morgan fingerprint density at radius 2 is 2.00 bits per heavy atom. The van der Waals surface area contributed by atoms with Gasteiger partial charge in [0.1, 0.15) is 11.4 Å². The molecule has 122 valence electrons. The Kier molecular flexibility index (Phi) is 4.95. The third kappa shape index (κ3) is 3.47. The van der Waals surface area contributed by atoms with Crippen molar-refractivity contribution in [1.82, 2.24) is 9.78 Å². The van der Waals surface area contributed by atoms with Gasteiger partial charge in [-0.1, -0.05) is 12.1 Å². The maximum atomic E-state index is 12.1. The van der Waals surface area contributed by atoms with Crippen LogP contribution in [-0.2, 0) is 11.3 Å².